The maximum atomic E-state index is 15.3. The summed E-state index contributed by atoms with van der Waals surface area (Å²) in [5, 5.41) is 2.38. The molecule has 4 heteroatoms. The van der Waals surface area contributed by atoms with E-state index in [0.29, 0.717) is 12.0 Å². The van der Waals surface area contributed by atoms with E-state index in [-0.39, 0.29) is 5.41 Å². The third kappa shape index (κ3) is 5.75. The summed E-state index contributed by atoms with van der Waals surface area (Å²) in [6.07, 6.45) is 13.0. The lowest BCUT2D eigenvalue weighted by atomic mass is 9.74. The molecule has 0 amide bonds. The van der Waals surface area contributed by atoms with Crippen molar-refractivity contribution in [1.29, 1.82) is 0 Å². The zero-order valence-electron chi connectivity index (χ0n) is 29.0. The van der Waals surface area contributed by atoms with Crippen molar-refractivity contribution in [2.75, 3.05) is 18.0 Å². The van der Waals surface area contributed by atoms with Gasteiger partial charge in [0.25, 0.3) is 0 Å². The van der Waals surface area contributed by atoms with Crippen LogP contribution in [0.3, 0.4) is 0 Å². The molecule has 0 N–H and O–H groups in total. The number of unbranched alkanes of at least 4 members (excludes halogenated alkanes) is 2. The summed E-state index contributed by atoms with van der Waals surface area (Å²) in [5.74, 6) is -1.04. The fourth-order valence-electron chi connectivity index (χ4n) is 8.30. The lowest BCUT2D eigenvalue weighted by molar-refractivity contribution is -0.431. The smallest absolute Gasteiger partial charge is 0.217 e. The van der Waals surface area contributed by atoms with Crippen molar-refractivity contribution in [3.63, 3.8) is 0 Å². The van der Waals surface area contributed by atoms with Crippen molar-refractivity contribution < 1.29 is 13.4 Å². The number of fused-ring (bicyclic) bond motifs is 4. The fourth-order valence-corrected chi connectivity index (χ4v) is 8.30. The summed E-state index contributed by atoms with van der Waals surface area (Å²) in [6.45, 7) is 15.3. The lowest BCUT2D eigenvalue weighted by Gasteiger charge is -2.30. The van der Waals surface area contributed by atoms with Crippen molar-refractivity contribution in [3.05, 3.63) is 131 Å². The molecule has 0 saturated carbocycles. The number of aryl methyl sites for hydroxylation is 1. The van der Waals surface area contributed by atoms with Crippen LogP contribution in [-0.2, 0) is 17.3 Å². The maximum absolute atomic E-state index is 15.3. The van der Waals surface area contributed by atoms with Gasteiger partial charge in [-0.25, -0.2) is 8.78 Å². The average Bonchev–Trinajstić information content (AvgIpc) is 3.43. The fraction of sp³-hybridized carbons (Fsp3) is 0.372. The second kappa shape index (κ2) is 13.2. The summed E-state index contributed by atoms with van der Waals surface area (Å²) in [7, 11) is 0. The van der Waals surface area contributed by atoms with Gasteiger partial charge in [0, 0.05) is 41.1 Å². The van der Waals surface area contributed by atoms with Gasteiger partial charge in [-0.2, -0.15) is 4.58 Å². The van der Waals surface area contributed by atoms with E-state index in [1.54, 1.807) is 6.07 Å². The van der Waals surface area contributed by atoms with Crippen molar-refractivity contribution in [2.24, 2.45) is 0 Å². The van der Waals surface area contributed by atoms with E-state index >= 15 is 4.39 Å². The highest BCUT2D eigenvalue weighted by Crippen LogP contribution is 2.51. The van der Waals surface area contributed by atoms with Gasteiger partial charge in [0.2, 0.25) is 5.69 Å². The van der Waals surface area contributed by atoms with Gasteiger partial charge in [-0.05, 0) is 87.7 Å². The molecule has 0 bridgehead atoms. The molecule has 6 rings (SSSR count). The third-order valence-electron chi connectivity index (χ3n) is 10.6. The first kappa shape index (κ1) is 32.9. The molecule has 0 saturated heterocycles. The number of hydrogen-bond donors (Lipinski definition) is 0. The zero-order valence-corrected chi connectivity index (χ0v) is 29.0. The predicted molar refractivity (Wildman–Crippen MR) is 194 cm³/mol. The molecule has 0 fully saturated rings. The van der Waals surface area contributed by atoms with E-state index in [1.165, 1.54) is 63.4 Å². The Morgan fingerprint density at radius 1 is 0.830 bits per heavy atom. The SMILES string of the molecule is CCCCCN1C(=CC=CC2=[N+](CC)c3c(ccc4ccccc34)C2(C)Cc2ccc(F)cc2F)C(C)(CCC)c2cc(C)ccc21. The molecule has 2 heterocycles. The quantitative estimate of drug-likeness (QED) is 0.118. The Morgan fingerprint density at radius 2 is 1.64 bits per heavy atom. The Labute approximate surface area is 280 Å². The van der Waals surface area contributed by atoms with E-state index in [0.717, 1.165) is 44.1 Å². The molecular formula is C43H49F2N2+. The lowest BCUT2D eigenvalue weighted by Crippen LogP contribution is -2.34. The van der Waals surface area contributed by atoms with Crippen LogP contribution in [0.4, 0.5) is 20.2 Å². The van der Waals surface area contributed by atoms with Crippen molar-refractivity contribution in [2.45, 2.75) is 90.9 Å². The average molecular weight is 632 g/mol. The van der Waals surface area contributed by atoms with Crippen molar-refractivity contribution in [3.8, 4) is 0 Å². The summed E-state index contributed by atoms with van der Waals surface area (Å²) in [5.41, 5.74) is 8.81. The molecule has 4 aromatic carbocycles. The minimum Gasteiger partial charge on any atom is -0.344 e. The number of anilines is 1. The molecule has 4 aromatic rings. The standard InChI is InChI=1S/C43H49F2N2/c1-7-10-13-26-47-38-24-19-30(4)27-36(38)42(5,25-8-2)39(47)17-14-18-40-43(6,29-32-20-22-33(44)28-37(32)45)35-23-21-31-15-11-12-16-34(31)41(35)46(40)9-3/h11-12,14-24,27-28H,7-10,13,25-26,29H2,1-6H3/q+1. The largest absolute Gasteiger partial charge is 0.344 e. The van der Waals surface area contributed by atoms with Crippen molar-refractivity contribution in [1.82, 2.24) is 0 Å². The first-order valence-corrected chi connectivity index (χ1v) is 17.5. The van der Waals surface area contributed by atoms with Crippen LogP contribution in [0.25, 0.3) is 10.8 Å². The molecule has 0 spiro atoms. The summed E-state index contributed by atoms with van der Waals surface area (Å²) < 4.78 is 31.6. The molecular weight excluding hydrogens is 582 g/mol. The van der Waals surface area contributed by atoms with Crippen molar-refractivity contribution >= 4 is 27.9 Å². The summed E-state index contributed by atoms with van der Waals surface area (Å²) in [6, 6.07) is 23.8. The summed E-state index contributed by atoms with van der Waals surface area (Å²) >= 11 is 0. The van der Waals surface area contributed by atoms with Crippen LogP contribution in [0, 0.1) is 18.6 Å². The number of rotatable bonds is 11. The molecule has 0 radical (unpaired) electrons. The minimum absolute atomic E-state index is 0.0862. The zero-order chi connectivity index (χ0) is 33.3. The Bertz CT molecular complexity index is 1900. The minimum atomic E-state index is -0.550. The highest BCUT2D eigenvalue weighted by Gasteiger charge is 2.49. The van der Waals surface area contributed by atoms with E-state index in [9.17, 15) is 4.39 Å². The van der Waals surface area contributed by atoms with E-state index in [1.807, 2.05) is 0 Å². The second-order valence-corrected chi connectivity index (χ2v) is 13.9. The van der Waals surface area contributed by atoms with Gasteiger partial charge in [-0.15, -0.1) is 0 Å². The van der Waals surface area contributed by atoms with Gasteiger partial charge < -0.3 is 4.90 Å². The van der Waals surface area contributed by atoms with E-state index in [2.05, 4.69) is 124 Å². The van der Waals surface area contributed by atoms with Gasteiger partial charge >= 0.3 is 0 Å². The number of benzene rings is 4. The van der Waals surface area contributed by atoms with Gasteiger partial charge in [-0.1, -0.05) is 93.3 Å². The number of halogens is 2. The number of hydrogen-bond acceptors (Lipinski definition) is 1. The topological polar surface area (TPSA) is 6.25 Å². The van der Waals surface area contributed by atoms with Gasteiger partial charge in [0.15, 0.2) is 5.71 Å². The molecule has 244 valence electrons. The maximum Gasteiger partial charge on any atom is 0.217 e. The second-order valence-electron chi connectivity index (χ2n) is 13.9. The van der Waals surface area contributed by atoms with Crippen LogP contribution in [0.2, 0.25) is 0 Å². The Hall–Kier alpha value is -4.05. The Morgan fingerprint density at radius 3 is 2.38 bits per heavy atom. The molecule has 2 atom stereocenters. The van der Waals surface area contributed by atoms with Crippen LogP contribution in [0.1, 0.15) is 89.0 Å². The van der Waals surface area contributed by atoms with Crippen LogP contribution in [-0.4, -0.2) is 23.4 Å². The Kier molecular flexibility index (Phi) is 9.25. The van der Waals surface area contributed by atoms with Gasteiger partial charge in [0.05, 0.1) is 10.8 Å². The highest BCUT2D eigenvalue weighted by molar-refractivity contribution is 6.07. The number of allylic oxidation sites excluding steroid dienone is 4. The number of nitrogens with zero attached hydrogens (tertiary/aromatic N) is 2. The van der Waals surface area contributed by atoms with Crippen LogP contribution in [0.15, 0.2) is 96.7 Å². The summed E-state index contributed by atoms with van der Waals surface area (Å²) in [4.78, 5) is 2.57. The van der Waals surface area contributed by atoms with E-state index in [4.69, 9.17) is 0 Å². The molecule has 47 heavy (non-hydrogen) atoms. The first-order valence-electron chi connectivity index (χ1n) is 17.5. The molecule has 2 aliphatic heterocycles. The molecule has 2 aliphatic rings. The molecule has 2 nitrogen and oxygen atoms in total. The normalized spacial score (nSPS) is 21.4. The van der Waals surface area contributed by atoms with Crippen LogP contribution >= 0.6 is 0 Å². The van der Waals surface area contributed by atoms with Gasteiger partial charge in [0.1, 0.15) is 18.2 Å². The molecule has 2 unspecified atom stereocenters. The first-order chi connectivity index (χ1) is 22.7. The van der Waals surface area contributed by atoms with Crippen LogP contribution in [0.5, 0.6) is 0 Å². The third-order valence-corrected chi connectivity index (χ3v) is 10.6. The highest BCUT2D eigenvalue weighted by atomic mass is 19.1. The van der Waals surface area contributed by atoms with Gasteiger partial charge in [-0.3, -0.25) is 0 Å². The monoisotopic (exact) mass is 631 g/mol. The van der Waals surface area contributed by atoms with Crippen LogP contribution < -0.4 is 4.90 Å². The molecule has 0 aromatic heterocycles. The van der Waals surface area contributed by atoms with E-state index < -0.39 is 17.0 Å². The predicted octanol–water partition coefficient (Wildman–Crippen LogP) is 11.3. The Balaban J connectivity index is 1.51. The molecule has 0 aliphatic carbocycles.